The van der Waals surface area contributed by atoms with Crippen LogP contribution >= 0.6 is 0 Å². The maximum absolute atomic E-state index is 13.3. The largest absolute Gasteiger partial charge is 0.368 e. The predicted octanol–water partition coefficient (Wildman–Crippen LogP) is 2.93. The Hall–Kier alpha value is -2.93. The maximum atomic E-state index is 13.3. The van der Waals surface area contributed by atoms with Crippen molar-refractivity contribution in [2.75, 3.05) is 6.61 Å². The number of benzene rings is 1. The number of para-hydroxylation sites is 1. The molecule has 0 radical (unpaired) electrons. The van der Waals surface area contributed by atoms with Crippen molar-refractivity contribution in [1.29, 1.82) is 0 Å². The molecule has 29 heavy (non-hydrogen) atoms. The van der Waals surface area contributed by atoms with E-state index in [2.05, 4.69) is 10.2 Å². The molecule has 1 saturated heterocycles. The van der Waals surface area contributed by atoms with Crippen LogP contribution in [0.5, 0.6) is 0 Å². The molecule has 0 unspecified atom stereocenters. The van der Waals surface area contributed by atoms with E-state index in [4.69, 9.17) is 4.74 Å². The van der Waals surface area contributed by atoms with E-state index >= 15 is 0 Å². The van der Waals surface area contributed by atoms with Gasteiger partial charge in [-0.05, 0) is 44.9 Å². The third kappa shape index (κ3) is 3.96. The van der Waals surface area contributed by atoms with E-state index in [1.165, 1.54) is 0 Å². The Bertz CT molecular complexity index is 986. The van der Waals surface area contributed by atoms with Crippen molar-refractivity contribution in [2.45, 2.75) is 45.9 Å². The first-order chi connectivity index (χ1) is 14.0. The zero-order chi connectivity index (χ0) is 20.4. The van der Waals surface area contributed by atoms with Gasteiger partial charge in [0.15, 0.2) is 0 Å². The second-order valence-electron chi connectivity index (χ2n) is 7.54. The van der Waals surface area contributed by atoms with Gasteiger partial charge >= 0.3 is 0 Å². The van der Waals surface area contributed by atoms with Crippen molar-refractivity contribution in [2.24, 2.45) is 7.05 Å². The van der Waals surface area contributed by atoms with Crippen LogP contribution in [-0.2, 0) is 29.7 Å². The highest BCUT2D eigenvalue weighted by Crippen LogP contribution is 2.22. The summed E-state index contributed by atoms with van der Waals surface area (Å²) in [6.45, 7) is 5.65. The van der Waals surface area contributed by atoms with Crippen LogP contribution in [0.25, 0.3) is 5.69 Å². The molecule has 3 heterocycles. The van der Waals surface area contributed by atoms with Crippen LogP contribution in [0.3, 0.4) is 0 Å². The lowest BCUT2D eigenvalue weighted by Crippen LogP contribution is -2.38. The molecule has 1 amide bonds. The highest BCUT2D eigenvalue weighted by atomic mass is 16.5. The van der Waals surface area contributed by atoms with E-state index in [1.54, 1.807) is 6.20 Å². The number of rotatable bonds is 6. The fourth-order valence-electron chi connectivity index (χ4n) is 3.87. The number of nitrogens with zero attached hydrogens (tertiary/aromatic N) is 5. The van der Waals surface area contributed by atoms with Crippen molar-refractivity contribution in [3.63, 3.8) is 0 Å². The summed E-state index contributed by atoms with van der Waals surface area (Å²) < 4.78 is 9.45. The van der Waals surface area contributed by atoms with E-state index in [1.807, 2.05) is 71.6 Å². The molecule has 1 aliphatic rings. The van der Waals surface area contributed by atoms with Gasteiger partial charge in [0.25, 0.3) is 5.91 Å². The summed E-state index contributed by atoms with van der Waals surface area (Å²) >= 11 is 0. The van der Waals surface area contributed by atoms with Gasteiger partial charge in [-0.25, -0.2) is 4.68 Å². The first-order valence-corrected chi connectivity index (χ1v) is 10.0. The van der Waals surface area contributed by atoms with Gasteiger partial charge in [-0.3, -0.25) is 9.48 Å². The maximum Gasteiger partial charge on any atom is 0.252 e. The molecule has 1 aromatic carbocycles. The summed E-state index contributed by atoms with van der Waals surface area (Å²) in [4.78, 5) is 15.2. The van der Waals surface area contributed by atoms with E-state index in [0.29, 0.717) is 19.7 Å². The van der Waals surface area contributed by atoms with Gasteiger partial charge in [0.2, 0.25) is 0 Å². The van der Waals surface area contributed by atoms with E-state index in [-0.39, 0.29) is 12.0 Å². The molecular weight excluding hydrogens is 366 g/mol. The number of carbonyl (C=O) groups is 1. The Morgan fingerprint density at radius 1 is 1.21 bits per heavy atom. The molecule has 0 spiro atoms. The van der Waals surface area contributed by atoms with Crippen molar-refractivity contribution in [3.8, 4) is 5.69 Å². The number of amides is 1. The minimum atomic E-state index is -0.361. The number of hydrogen-bond acceptors (Lipinski definition) is 4. The lowest BCUT2D eigenvalue weighted by Gasteiger charge is -2.26. The molecule has 4 rings (SSSR count). The third-order valence-corrected chi connectivity index (χ3v) is 5.60. The van der Waals surface area contributed by atoms with Crippen LogP contribution in [0.1, 0.15) is 35.5 Å². The third-order valence-electron chi connectivity index (χ3n) is 5.60. The molecule has 0 bridgehead atoms. The molecule has 7 heteroatoms. The molecule has 2 aromatic heterocycles. The summed E-state index contributed by atoms with van der Waals surface area (Å²) in [6.07, 6.45) is 3.12. The highest BCUT2D eigenvalue weighted by molar-refractivity contribution is 5.81. The molecule has 152 valence electrons. The topological polar surface area (TPSA) is 65.2 Å². The van der Waals surface area contributed by atoms with Crippen LogP contribution in [0.4, 0.5) is 0 Å². The van der Waals surface area contributed by atoms with Gasteiger partial charge < -0.3 is 9.64 Å². The van der Waals surface area contributed by atoms with Gasteiger partial charge in [0.1, 0.15) is 6.10 Å². The number of ether oxygens (including phenoxy) is 1. The normalized spacial score (nSPS) is 16.3. The summed E-state index contributed by atoms with van der Waals surface area (Å²) in [6, 6.07) is 11.9. The highest BCUT2D eigenvalue weighted by Gasteiger charge is 2.30. The Kier molecular flexibility index (Phi) is 5.49. The lowest BCUT2D eigenvalue weighted by atomic mass is 10.1. The summed E-state index contributed by atoms with van der Waals surface area (Å²) in [5.74, 6) is 0.0333. The van der Waals surface area contributed by atoms with Gasteiger partial charge in [-0.1, -0.05) is 18.2 Å². The smallest absolute Gasteiger partial charge is 0.252 e. The van der Waals surface area contributed by atoms with Crippen LogP contribution in [0, 0.1) is 13.8 Å². The average molecular weight is 393 g/mol. The molecule has 0 N–H and O–H groups in total. The molecule has 3 aromatic rings. The van der Waals surface area contributed by atoms with Gasteiger partial charge in [-0.2, -0.15) is 10.2 Å². The first kappa shape index (κ1) is 19.4. The van der Waals surface area contributed by atoms with E-state index < -0.39 is 0 Å². The van der Waals surface area contributed by atoms with Gasteiger partial charge in [0, 0.05) is 37.7 Å². The van der Waals surface area contributed by atoms with Crippen molar-refractivity contribution in [1.82, 2.24) is 24.5 Å². The summed E-state index contributed by atoms with van der Waals surface area (Å²) in [7, 11) is 1.93. The standard InChI is InChI=1S/C22H27N5O2/c1-16-20(17(2)25(3)24-16)15-26(22(28)21-10-7-13-29-21)14-19-11-12-23-27(19)18-8-5-4-6-9-18/h4-6,8-9,11-12,21H,7,10,13-15H2,1-3H3/t21-/m0/s1. The fourth-order valence-corrected chi connectivity index (χ4v) is 3.87. The second kappa shape index (κ2) is 8.21. The first-order valence-electron chi connectivity index (χ1n) is 10.0. The van der Waals surface area contributed by atoms with E-state index in [9.17, 15) is 4.79 Å². The number of aryl methyl sites for hydroxylation is 2. The van der Waals surface area contributed by atoms with Crippen LogP contribution < -0.4 is 0 Å². The quantitative estimate of drug-likeness (QED) is 0.646. The van der Waals surface area contributed by atoms with Crippen LogP contribution in [0.15, 0.2) is 42.6 Å². The monoisotopic (exact) mass is 393 g/mol. The van der Waals surface area contributed by atoms with Gasteiger partial charge in [0.05, 0.1) is 23.6 Å². The summed E-state index contributed by atoms with van der Waals surface area (Å²) in [5.41, 5.74) is 5.05. The zero-order valence-corrected chi connectivity index (χ0v) is 17.2. The Morgan fingerprint density at radius 2 is 2.00 bits per heavy atom. The minimum Gasteiger partial charge on any atom is -0.368 e. The number of aromatic nitrogens is 4. The molecule has 1 atom stereocenters. The summed E-state index contributed by atoms with van der Waals surface area (Å²) in [5, 5.41) is 8.99. The Labute approximate surface area is 170 Å². The van der Waals surface area contributed by atoms with Crippen molar-refractivity contribution in [3.05, 3.63) is 65.2 Å². The molecule has 1 aliphatic heterocycles. The fraction of sp³-hybridized carbons (Fsp3) is 0.409. The van der Waals surface area contributed by atoms with Crippen molar-refractivity contribution >= 4 is 5.91 Å². The molecule has 7 nitrogen and oxygen atoms in total. The molecule has 0 saturated carbocycles. The van der Waals surface area contributed by atoms with Crippen LogP contribution in [-0.4, -0.2) is 43.1 Å². The Morgan fingerprint density at radius 3 is 2.66 bits per heavy atom. The number of carbonyl (C=O) groups excluding carboxylic acids is 1. The second-order valence-corrected chi connectivity index (χ2v) is 7.54. The molecule has 0 aliphatic carbocycles. The SMILES string of the molecule is Cc1nn(C)c(C)c1CN(Cc1ccnn1-c1ccccc1)C(=O)[C@@H]1CCCO1. The zero-order valence-electron chi connectivity index (χ0n) is 17.2. The number of hydrogen-bond donors (Lipinski definition) is 0. The average Bonchev–Trinajstić information content (AvgIpc) is 3.46. The van der Waals surface area contributed by atoms with Crippen molar-refractivity contribution < 1.29 is 9.53 Å². The van der Waals surface area contributed by atoms with E-state index in [0.717, 1.165) is 41.2 Å². The molecular formula is C22H27N5O2. The molecule has 1 fully saturated rings. The minimum absolute atomic E-state index is 0.0333. The lowest BCUT2D eigenvalue weighted by molar-refractivity contribution is -0.142. The van der Waals surface area contributed by atoms with Crippen LogP contribution in [0.2, 0.25) is 0 Å². The Balaban J connectivity index is 1.64. The van der Waals surface area contributed by atoms with Gasteiger partial charge in [-0.15, -0.1) is 0 Å². The predicted molar refractivity (Wildman–Crippen MR) is 109 cm³/mol.